The molecule has 4 aliphatic rings. The number of rotatable bonds is 31. The van der Waals surface area contributed by atoms with Gasteiger partial charge in [0, 0.05) is 165 Å². The van der Waals surface area contributed by atoms with Crippen LogP contribution < -0.4 is 39.9 Å². The first-order valence-electron chi connectivity index (χ1n) is 48.9. The third-order valence-electron chi connectivity index (χ3n) is 25.1. The van der Waals surface area contributed by atoms with E-state index in [-0.39, 0.29) is 17.1 Å². The van der Waals surface area contributed by atoms with Gasteiger partial charge in [-0.05, 0) is 266 Å². The second kappa shape index (κ2) is 51.1. The number of carbonyl (C=O) groups is 1. The van der Waals surface area contributed by atoms with Crippen LogP contribution in [0.2, 0.25) is 0 Å². The van der Waals surface area contributed by atoms with Crippen molar-refractivity contribution >= 4 is 162 Å². The number of pyridine rings is 2. The van der Waals surface area contributed by atoms with E-state index >= 15 is 0 Å². The number of likely N-dealkylation sites (tertiary alicyclic amines) is 3. The molecule has 0 saturated carbocycles. The van der Waals surface area contributed by atoms with Crippen molar-refractivity contribution in [2.75, 3.05) is 118 Å². The lowest BCUT2D eigenvalue weighted by atomic mass is 9.98. The van der Waals surface area contributed by atoms with Crippen molar-refractivity contribution in [3.63, 3.8) is 0 Å². The fourth-order valence-electron chi connectivity index (χ4n) is 17.3. The summed E-state index contributed by atoms with van der Waals surface area (Å²) in [6.07, 6.45) is 17.5. The summed E-state index contributed by atoms with van der Waals surface area (Å²) in [7, 11) is 3.89. The molecule has 146 heavy (non-hydrogen) atoms. The maximum absolute atomic E-state index is 12.1. The number of piperidine rings is 3. The number of nitrogens with two attached hydrogens (primary N) is 3. The van der Waals surface area contributed by atoms with E-state index in [9.17, 15) is 17.4 Å². The van der Waals surface area contributed by atoms with Crippen LogP contribution in [0.15, 0.2) is 133 Å². The molecular formula is C105H130N20O8S13. The van der Waals surface area contributed by atoms with E-state index in [0.717, 1.165) is 249 Å². The summed E-state index contributed by atoms with van der Waals surface area (Å²) in [6, 6.07) is 19.6. The lowest BCUT2D eigenvalue weighted by molar-refractivity contribution is 0.1000. The first kappa shape index (κ1) is 111. The first-order valence-corrected chi connectivity index (χ1v) is 61.7. The number of primary sulfonamides is 1. The average molecular weight is 2220 g/mol. The molecule has 4 saturated heterocycles. The molecule has 0 bridgehead atoms. The highest BCUT2D eigenvalue weighted by atomic mass is 32.2. The third-order valence-corrected chi connectivity index (χ3v) is 38.7. The number of amides is 1. The molecule has 41 heteroatoms. The molecule has 16 heterocycles. The van der Waals surface area contributed by atoms with E-state index in [4.69, 9.17) is 79.8 Å². The molecule has 0 aliphatic carbocycles. The van der Waals surface area contributed by atoms with Crippen LogP contribution in [0.3, 0.4) is 0 Å². The van der Waals surface area contributed by atoms with Crippen LogP contribution in [0.5, 0.6) is 23.0 Å². The summed E-state index contributed by atoms with van der Waals surface area (Å²) in [6.45, 7) is 36.0. The highest BCUT2D eigenvalue weighted by molar-refractivity contribution is 7.99. The second-order valence-corrected chi connectivity index (χ2v) is 52.1. The van der Waals surface area contributed by atoms with Crippen LogP contribution in [-0.4, -0.2) is 229 Å². The zero-order valence-corrected chi connectivity index (χ0v) is 96.4. The molecule has 1 atom stereocenters. The summed E-state index contributed by atoms with van der Waals surface area (Å²) in [5.41, 5.74) is 21.1. The molecule has 0 spiro atoms. The van der Waals surface area contributed by atoms with E-state index in [1.807, 2.05) is 122 Å². The van der Waals surface area contributed by atoms with Gasteiger partial charge in [0.05, 0.1) is 167 Å². The highest BCUT2D eigenvalue weighted by Crippen LogP contribution is 2.45. The molecule has 4 aliphatic heterocycles. The fraction of sp³-hybridized carbons (Fsp3) is 0.429. The van der Waals surface area contributed by atoms with Gasteiger partial charge in [-0.3, -0.25) is 19.9 Å². The Morgan fingerprint density at radius 2 is 0.808 bits per heavy atom. The number of methoxy groups -OCH3 is 1. The summed E-state index contributed by atoms with van der Waals surface area (Å²) in [5.74, 6) is 8.96. The molecule has 12 aromatic heterocycles. The molecule has 1 unspecified atom stereocenters. The number of anilines is 1. The van der Waals surface area contributed by atoms with E-state index in [0.29, 0.717) is 59.8 Å². The number of piperazine rings is 1. The maximum Gasteiger partial charge on any atom is 0.248 e. The van der Waals surface area contributed by atoms with E-state index < -0.39 is 25.6 Å². The van der Waals surface area contributed by atoms with Gasteiger partial charge in [-0.1, -0.05) is 18.3 Å². The van der Waals surface area contributed by atoms with Crippen LogP contribution >= 0.6 is 125 Å². The molecule has 19 rings (SSSR count). The maximum atomic E-state index is 12.1. The predicted octanol–water partition coefficient (Wildman–Crippen LogP) is 21.9. The number of hydrogen-bond donors (Lipinski definition) is 3. The monoisotopic (exact) mass is 2210 g/mol. The van der Waals surface area contributed by atoms with Crippen molar-refractivity contribution in [2.45, 2.75) is 198 Å². The Bertz CT molecular complexity index is 7140. The normalized spacial score (nSPS) is 15.3. The fourth-order valence-corrected chi connectivity index (χ4v) is 29.3. The van der Waals surface area contributed by atoms with Crippen LogP contribution in [0.1, 0.15) is 210 Å². The second-order valence-electron chi connectivity index (χ2n) is 37.4. The molecule has 1 amide bonds. The minimum Gasteiger partial charge on any atom is -0.496 e. The van der Waals surface area contributed by atoms with Gasteiger partial charge in [-0.15, -0.1) is 114 Å². The minimum absolute atomic E-state index is 0.0335. The Hall–Kier alpha value is -9.19. The number of hydrogen-bond acceptors (Lipinski definition) is 36. The SMILES string of the molecule is C=S(N)(=O)c1ccc(SCC)c(Cc2nc(-c3sc(C)nc3C)cs2)c1.CCOc1ccncc1Cc1nc(-c2sc(C3CCN(C)CC3)nc2C)cs1.COc1ccncc1Cc1nc(-c2sc(N3CCN(C)CC3)nc2C)cs1.Cc1nc(C2CCN(C)CC2)sc1-c1csc(Cc2cc(C(N)=O)ccc2OC(C)C)n1.Cc1nc(C2CCN(C)CC2)sc1-c1csc(Cc2cc(S(N)(=O)=O)ccc2OC(C)C)n1. The molecule has 4 fully saturated rings. The van der Waals surface area contributed by atoms with Crippen LogP contribution in [-0.2, 0) is 51.8 Å². The average Bonchev–Trinajstić information content (AvgIpc) is 1.70. The number of carbonyl (C=O) groups excluding carboxylic acids is 1. The van der Waals surface area contributed by atoms with E-state index in [1.165, 1.54) is 61.4 Å². The summed E-state index contributed by atoms with van der Waals surface area (Å²) < 4.78 is 58.9. The van der Waals surface area contributed by atoms with Crippen molar-refractivity contribution in [1.82, 2.24) is 79.4 Å². The molecule has 15 aromatic rings. The molecule has 776 valence electrons. The molecular weight excluding hydrogens is 2090 g/mol. The summed E-state index contributed by atoms with van der Waals surface area (Å²) >= 11 is 18.7. The van der Waals surface area contributed by atoms with Gasteiger partial charge < -0.3 is 49.2 Å². The van der Waals surface area contributed by atoms with Gasteiger partial charge in [-0.25, -0.2) is 67.6 Å². The summed E-state index contributed by atoms with van der Waals surface area (Å²) in [4.78, 5) is 88.0. The first-order chi connectivity index (χ1) is 69.9. The molecule has 28 nitrogen and oxygen atoms in total. The number of ether oxygens (including phenoxy) is 4. The number of likely N-dealkylation sites (N-methyl/N-ethyl adjacent to an activating group) is 1. The number of primary amides is 1. The Morgan fingerprint density at radius 3 is 1.21 bits per heavy atom. The zero-order valence-electron chi connectivity index (χ0n) is 85.8. The number of aryl methyl sites for hydroxylation is 6. The smallest absolute Gasteiger partial charge is 0.248 e. The quantitative estimate of drug-likeness (QED) is 0.0268. The number of thiazole rings is 10. The molecule has 6 N–H and O–H groups in total. The van der Waals surface area contributed by atoms with E-state index in [2.05, 4.69) is 128 Å². The van der Waals surface area contributed by atoms with Crippen LogP contribution in [0.25, 0.3) is 52.9 Å². The van der Waals surface area contributed by atoms with Gasteiger partial charge in [0.1, 0.15) is 23.0 Å². The van der Waals surface area contributed by atoms with Crippen LogP contribution in [0.4, 0.5) is 5.13 Å². The number of thioether (sulfide) groups is 1. The van der Waals surface area contributed by atoms with Crippen molar-refractivity contribution in [3.8, 4) is 75.9 Å². The Morgan fingerprint density at radius 1 is 0.438 bits per heavy atom. The number of benzene rings is 3. The van der Waals surface area contributed by atoms with Crippen molar-refractivity contribution in [1.29, 1.82) is 0 Å². The summed E-state index contributed by atoms with van der Waals surface area (Å²) in [5, 5.41) is 32.5. The minimum atomic E-state index is -3.80. The standard InChI is InChI=1S/C24H30N4O2S2.C23H30N4O3S3.C21H26N4OS2.C19H23N5OS2.C18H21N3OS4/c1-14(2)30-20-6-5-17(23(25)29)11-18(20)12-21-27-19(13-31-21)22-15(3)26-24(32-22)16-7-9-28(4)10-8-16;1-14(2)30-20-6-5-18(33(24,28)29)11-17(20)12-21-26-19(13-31-21)22-15(3)25-23(32-22)16-7-9-27(4)10-8-16;1-4-26-18-5-8-22-12-16(18)11-19-24-17(13-27-19)20-14(2)23-21(28-20)15-6-9-25(3)10-7-15;1-13-18(27-19(21-13)24-8-6-23(2)7-9-24)15-12-26-17(22-15)10-14-11-20-5-4-16(14)25-3;1-5-23-16-7-6-14(26(4,19)22)8-13(16)9-17-21-15(10-24-17)18-11(2)20-12(3)25-18/h5-6,11,13-14,16H,7-10,12H2,1-4H3,(H2,25,29);5-6,11,13-14,16H,7-10,12H2,1-4H3,(H2,24,28,29);5,8,12-13,15H,4,6-7,9-11H2,1-3H3;4-5,11-12H,6-10H2,1-3H3;6-8,10H,4-5,9H2,1-3H3,(H2,19,22). The van der Waals surface area contributed by atoms with Gasteiger partial charge >= 0.3 is 0 Å². The lowest BCUT2D eigenvalue weighted by Crippen LogP contribution is -2.44. The number of nitrogens with zero attached hydrogens (tertiary/aromatic N) is 17. The van der Waals surface area contributed by atoms with Crippen molar-refractivity contribution in [2.24, 2.45) is 16.0 Å². The van der Waals surface area contributed by atoms with Crippen molar-refractivity contribution < 1.29 is 36.4 Å². The van der Waals surface area contributed by atoms with Gasteiger partial charge in [-0.2, -0.15) is 0 Å². The Balaban J connectivity index is 0.000000137. The van der Waals surface area contributed by atoms with Gasteiger partial charge in [0.2, 0.25) is 15.9 Å². The Kier molecular flexibility index (Phi) is 38.8. The van der Waals surface area contributed by atoms with E-state index in [1.54, 1.807) is 151 Å². The molecule has 0 radical (unpaired) electrons. The predicted molar refractivity (Wildman–Crippen MR) is 608 cm³/mol. The number of sulfonamides is 1. The van der Waals surface area contributed by atoms with Crippen molar-refractivity contribution in [3.05, 3.63) is 225 Å². The molecule has 3 aromatic carbocycles. The largest absolute Gasteiger partial charge is 0.496 e. The topological polar surface area (TPSA) is 354 Å². The Labute approximate surface area is 902 Å². The third kappa shape index (κ3) is 29.8. The van der Waals surface area contributed by atoms with Crippen LogP contribution in [0, 0.1) is 41.5 Å². The zero-order chi connectivity index (χ0) is 104. The lowest BCUT2D eigenvalue weighted by Gasteiger charge is -2.32. The highest BCUT2D eigenvalue weighted by Gasteiger charge is 2.31. The number of aromatic nitrogens is 12. The van der Waals surface area contributed by atoms with Gasteiger partial charge in [0.15, 0.2) is 5.13 Å². The van der Waals surface area contributed by atoms with Gasteiger partial charge in [0.25, 0.3) is 0 Å².